The standard InChI is InChI=1S/C42H41F3N8O2/c1-23(29-8-5-9-31(38(29)43)40(44)45)47-41-33-20-35(46-21-34(33)24(2)49-50-41)28-7-4-6-25(18-28)22-53-16-14-26(15-17-53)27-10-11-30-36(19-27)52(3)51-39(30)32-12-13-37(54)48-42(32)55/h4-11,18-21,23,26,32,40H,12-17,22H2,1-3H3,(H,47,50)(H,48,54,55)/t23-,32?/m1/s1. The molecule has 2 atom stereocenters. The molecule has 282 valence electrons. The molecule has 13 heteroatoms. The van der Waals surface area contributed by atoms with E-state index < -0.39 is 29.8 Å². The van der Waals surface area contributed by atoms with Gasteiger partial charge in [-0.1, -0.05) is 48.5 Å². The minimum absolute atomic E-state index is 0.120. The Bertz CT molecular complexity index is 2440. The summed E-state index contributed by atoms with van der Waals surface area (Å²) in [5.41, 5.74) is 6.02. The van der Waals surface area contributed by atoms with Crippen LogP contribution in [0.15, 0.2) is 72.9 Å². The third-order valence-electron chi connectivity index (χ3n) is 11.1. The number of halogens is 3. The van der Waals surface area contributed by atoms with Gasteiger partial charge in [0.25, 0.3) is 6.43 Å². The first-order valence-corrected chi connectivity index (χ1v) is 18.6. The van der Waals surface area contributed by atoms with Crippen LogP contribution in [0.3, 0.4) is 0 Å². The summed E-state index contributed by atoms with van der Waals surface area (Å²) in [6.45, 7) is 6.23. The number of imide groups is 1. The lowest BCUT2D eigenvalue weighted by atomic mass is 9.87. The Labute approximate surface area is 316 Å². The molecule has 0 bridgehead atoms. The van der Waals surface area contributed by atoms with Crippen LogP contribution in [0, 0.1) is 12.7 Å². The van der Waals surface area contributed by atoms with Gasteiger partial charge in [0.05, 0.1) is 40.1 Å². The van der Waals surface area contributed by atoms with Crippen LogP contribution in [0.25, 0.3) is 32.9 Å². The zero-order valence-corrected chi connectivity index (χ0v) is 30.8. The molecule has 0 saturated carbocycles. The summed E-state index contributed by atoms with van der Waals surface area (Å²) in [6, 6.07) is 20.1. The number of aryl methyl sites for hydroxylation is 2. The van der Waals surface area contributed by atoms with E-state index in [4.69, 9.17) is 10.1 Å². The summed E-state index contributed by atoms with van der Waals surface area (Å²) in [5, 5.41) is 21.5. The highest BCUT2D eigenvalue weighted by Crippen LogP contribution is 2.36. The number of hydrogen-bond acceptors (Lipinski definition) is 8. The number of nitrogens with one attached hydrogen (secondary N) is 2. The second-order valence-electron chi connectivity index (χ2n) is 14.7. The molecule has 3 aromatic heterocycles. The summed E-state index contributed by atoms with van der Waals surface area (Å²) in [5.74, 6) is -1.04. The fourth-order valence-electron chi connectivity index (χ4n) is 8.07. The number of carbonyl (C=O) groups excluding carboxylic acids is 2. The molecule has 3 aromatic carbocycles. The van der Waals surface area contributed by atoms with Gasteiger partial charge in [0, 0.05) is 53.5 Å². The van der Waals surface area contributed by atoms with Gasteiger partial charge in [-0.2, -0.15) is 10.2 Å². The van der Waals surface area contributed by atoms with Crippen molar-refractivity contribution in [2.45, 2.75) is 70.4 Å². The van der Waals surface area contributed by atoms with Crippen molar-refractivity contribution >= 4 is 39.3 Å². The van der Waals surface area contributed by atoms with Crippen molar-refractivity contribution in [2.24, 2.45) is 7.05 Å². The van der Waals surface area contributed by atoms with E-state index in [1.165, 1.54) is 23.3 Å². The second-order valence-corrected chi connectivity index (χ2v) is 14.7. The van der Waals surface area contributed by atoms with Gasteiger partial charge in [0.15, 0.2) is 5.82 Å². The number of pyridine rings is 1. The Hall–Kier alpha value is -5.69. The van der Waals surface area contributed by atoms with Crippen molar-refractivity contribution in [1.82, 2.24) is 35.2 Å². The molecule has 2 aliphatic heterocycles. The number of benzene rings is 3. The van der Waals surface area contributed by atoms with E-state index >= 15 is 0 Å². The van der Waals surface area contributed by atoms with Crippen LogP contribution in [-0.2, 0) is 23.2 Å². The van der Waals surface area contributed by atoms with Crippen LogP contribution in [-0.4, -0.2) is 54.8 Å². The summed E-state index contributed by atoms with van der Waals surface area (Å²) < 4.78 is 43.6. The molecule has 2 amide bonds. The average molecular weight is 747 g/mol. The van der Waals surface area contributed by atoms with Gasteiger partial charge in [-0.15, -0.1) is 5.10 Å². The van der Waals surface area contributed by atoms with E-state index in [1.54, 1.807) is 13.1 Å². The first kappa shape index (κ1) is 36.3. The molecule has 2 aliphatic rings. The third kappa shape index (κ3) is 7.16. The molecule has 0 spiro atoms. The Morgan fingerprint density at radius 2 is 1.71 bits per heavy atom. The SMILES string of the molecule is Cc1nnc(N[C@H](C)c2cccc(C(F)F)c2F)c2cc(-c3cccc(CN4CCC(c5ccc6c(C7CCC(=O)NC7=O)nn(C)c6c5)CC4)c3)ncc12. The van der Waals surface area contributed by atoms with Crippen molar-refractivity contribution in [3.63, 3.8) is 0 Å². The van der Waals surface area contributed by atoms with Crippen LogP contribution >= 0.6 is 0 Å². The van der Waals surface area contributed by atoms with Crippen molar-refractivity contribution < 1.29 is 22.8 Å². The van der Waals surface area contributed by atoms with Crippen LogP contribution in [0.4, 0.5) is 19.0 Å². The summed E-state index contributed by atoms with van der Waals surface area (Å²) >= 11 is 0. The molecule has 8 rings (SSSR count). The predicted octanol–water partition coefficient (Wildman–Crippen LogP) is 8.04. The van der Waals surface area contributed by atoms with Crippen LogP contribution in [0.2, 0.25) is 0 Å². The largest absolute Gasteiger partial charge is 0.361 e. The Kier molecular flexibility index (Phi) is 9.80. The molecular formula is C42H41F3N8O2. The lowest BCUT2D eigenvalue weighted by Crippen LogP contribution is -2.39. The third-order valence-corrected chi connectivity index (χ3v) is 11.1. The van der Waals surface area contributed by atoms with Crippen LogP contribution < -0.4 is 10.6 Å². The van der Waals surface area contributed by atoms with Gasteiger partial charge in [0.1, 0.15) is 5.82 Å². The minimum atomic E-state index is -2.91. The molecule has 2 saturated heterocycles. The van der Waals surface area contributed by atoms with E-state index in [1.807, 2.05) is 36.9 Å². The van der Waals surface area contributed by atoms with Crippen LogP contribution in [0.5, 0.6) is 0 Å². The quantitative estimate of drug-likeness (QED) is 0.143. The number of nitrogens with zero attached hydrogens (tertiary/aromatic N) is 6. The smallest absolute Gasteiger partial charge is 0.266 e. The van der Waals surface area contributed by atoms with Gasteiger partial charge in [-0.05, 0) is 81.4 Å². The predicted molar refractivity (Wildman–Crippen MR) is 204 cm³/mol. The number of piperidine rings is 2. The van der Waals surface area contributed by atoms with E-state index in [9.17, 15) is 22.8 Å². The molecular weight excluding hydrogens is 706 g/mol. The highest BCUT2D eigenvalue weighted by molar-refractivity contribution is 6.02. The molecule has 55 heavy (non-hydrogen) atoms. The van der Waals surface area contributed by atoms with Gasteiger partial charge in [-0.3, -0.25) is 29.5 Å². The first-order chi connectivity index (χ1) is 26.5. The van der Waals surface area contributed by atoms with Crippen molar-refractivity contribution in [3.05, 3.63) is 112 Å². The zero-order chi connectivity index (χ0) is 38.4. The molecule has 2 fully saturated rings. The van der Waals surface area contributed by atoms with Gasteiger partial charge in [0.2, 0.25) is 11.8 Å². The maximum atomic E-state index is 15.0. The molecule has 10 nitrogen and oxygen atoms in total. The highest BCUT2D eigenvalue weighted by Gasteiger charge is 2.32. The average Bonchev–Trinajstić information content (AvgIpc) is 3.51. The Morgan fingerprint density at radius 3 is 2.49 bits per heavy atom. The zero-order valence-electron chi connectivity index (χ0n) is 30.8. The number of likely N-dealkylation sites (tertiary alicyclic amines) is 1. The number of amides is 2. The summed E-state index contributed by atoms with van der Waals surface area (Å²) in [4.78, 5) is 31.5. The fourth-order valence-corrected chi connectivity index (χ4v) is 8.07. The minimum Gasteiger partial charge on any atom is -0.361 e. The monoisotopic (exact) mass is 746 g/mol. The lowest BCUT2D eigenvalue weighted by Gasteiger charge is -2.32. The second kappa shape index (κ2) is 14.9. The molecule has 6 aromatic rings. The Morgan fingerprint density at radius 1 is 0.927 bits per heavy atom. The Balaban J connectivity index is 0.955. The van der Waals surface area contributed by atoms with Crippen LogP contribution in [0.1, 0.15) is 90.6 Å². The van der Waals surface area contributed by atoms with Gasteiger partial charge >= 0.3 is 0 Å². The number of hydrogen-bond donors (Lipinski definition) is 2. The molecule has 0 aliphatic carbocycles. The molecule has 5 heterocycles. The van der Waals surface area contributed by atoms with Gasteiger partial charge < -0.3 is 5.32 Å². The number of aromatic nitrogens is 5. The first-order valence-electron chi connectivity index (χ1n) is 18.6. The highest BCUT2D eigenvalue weighted by atomic mass is 19.3. The van der Waals surface area contributed by atoms with Crippen molar-refractivity contribution in [2.75, 3.05) is 18.4 Å². The number of carbonyl (C=O) groups is 2. The lowest BCUT2D eigenvalue weighted by molar-refractivity contribution is -0.134. The van der Waals surface area contributed by atoms with E-state index in [0.29, 0.717) is 30.3 Å². The molecule has 1 unspecified atom stereocenters. The maximum Gasteiger partial charge on any atom is 0.266 e. The molecule has 0 radical (unpaired) electrons. The van der Waals surface area contributed by atoms with E-state index in [2.05, 4.69) is 56.1 Å². The number of anilines is 1. The van der Waals surface area contributed by atoms with Crippen molar-refractivity contribution in [1.29, 1.82) is 0 Å². The summed E-state index contributed by atoms with van der Waals surface area (Å²) in [7, 11) is 1.90. The number of alkyl halides is 2. The van der Waals surface area contributed by atoms with Crippen molar-refractivity contribution in [3.8, 4) is 11.3 Å². The maximum absolute atomic E-state index is 15.0. The fraction of sp³-hybridized carbons (Fsp3) is 0.333. The number of fused-ring (bicyclic) bond motifs is 2. The molecule has 2 N–H and O–H groups in total. The van der Waals surface area contributed by atoms with Gasteiger partial charge in [-0.25, -0.2) is 13.2 Å². The topological polar surface area (TPSA) is 118 Å². The normalized spacial score (nSPS) is 17.6. The number of rotatable bonds is 9. The summed E-state index contributed by atoms with van der Waals surface area (Å²) in [6.07, 6.45) is 1.67. The van der Waals surface area contributed by atoms with E-state index in [0.717, 1.165) is 77.2 Å². The van der Waals surface area contributed by atoms with E-state index in [-0.39, 0.29) is 17.4 Å².